The van der Waals surface area contributed by atoms with Gasteiger partial charge in [-0.2, -0.15) is 0 Å². The lowest BCUT2D eigenvalue weighted by atomic mass is 9.89. The molecule has 0 saturated carbocycles. The Kier molecular flexibility index (Phi) is 10.1. The molecule has 8 nitrogen and oxygen atoms in total. The summed E-state index contributed by atoms with van der Waals surface area (Å²) in [6.45, 7) is 22.2. The van der Waals surface area contributed by atoms with E-state index in [0.29, 0.717) is 15.6 Å². The maximum atomic E-state index is 13.0. The molecule has 2 rings (SSSR count). The largest absolute Gasteiger partial charge is 0.411 e. The third-order valence-electron chi connectivity index (χ3n) is 6.96. The molecule has 1 amide bonds. The summed E-state index contributed by atoms with van der Waals surface area (Å²) in [7, 11) is -6.11. The first kappa shape index (κ1) is 32.5. The lowest BCUT2D eigenvalue weighted by Gasteiger charge is -2.36. The Morgan fingerprint density at radius 2 is 1.61 bits per heavy atom. The molecule has 0 aliphatic heterocycles. The third-order valence-corrected chi connectivity index (χ3v) is 14.2. The number of nitrogens with zero attached hydrogens (tertiary/aromatic N) is 2. The average Bonchev–Trinajstić information content (AvgIpc) is 3.13. The number of pyridine rings is 1. The first-order valence-corrected chi connectivity index (χ1v) is 18.4. The van der Waals surface area contributed by atoms with Crippen molar-refractivity contribution >= 4 is 35.6 Å². The van der Waals surface area contributed by atoms with Gasteiger partial charge >= 0.3 is 0 Å². The summed E-state index contributed by atoms with van der Waals surface area (Å²) in [6, 6.07) is 0. The second kappa shape index (κ2) is 11.8. The number of hydrogen-bond donors (Lipinski definition) is 2. The molecule has 11 heteroatoms. The van der Waals surface area contributed by atoms with Gasteiger partial charge in [0.25, 0.3) is 0 Å². The van der Waals surface area contributed by atoms with Crippen molar-refractivity contribution in [3.63, 3.8) is 0 Å². The second-order valence-corrected chi connectivity index (χ2v) is 20.2. The van der Waals surface area contributed by atoms with E-state index in [1.807, 2.05) is 27.7 Å². The molecule has 2 heterocycles. The van der Waals surface area contributed by atoms with Gasteiger partial charge in [-0.1, -0.05) is 48.5 Å². The van der Waals surface area contributed by atoms with Crippen LogP contribution in [0.2, 0.25) is 18.1 Å². The fourth-order valence-electron chi connectivity index (χ4n) is 3.79. The van der Waals surface area contributed by atoms with Crippen molar-refractivity contribution in [1.29, 1.82) is 0 Å². The van der Waals surface area contributed by atoms with Crippen LogP contribution in [0.25, 0.3) is 0 Å². The molecule has 0 unspecified atom stereocenters. The van der Waals surface area contributed by atoms with Gasteiger partial charge in [0.1, 0.15) is 10.8 Å². The Hall–Kier alpha value is -1.66. The Labute approximate surface area is 233 Å². The summed E-state index contributed by atoms with van der Waals surface area (Å²) in [5.41, 5.74) is 2.01. The van der Waals surface area contributed by atoms with Crippen LogP contribution in [0.3, 0.4) is 0 Å². The molecular formula is C27H45N3O5S2Si. The van der Waals surface area contributed by atoms with Gasteiger partial charge in [0.05, 0.1) is 29.2 Å². The van der Waals surface area contributed by atoms with E-state index in [9.17, 15) is 18.3 Å². The number of thiazole rings is 1. The zero-order chi connectivity index (χ0) is 29.3. The molecule has 38 heavy (non-hydrogen) atoms. The van der Waals surface area contributed by atoms with Gasteiger partial charge in [-0.15, -0.1) is 11.3 Å². The van der Waals surface area contributed by atoms with Crippen molar-refractivity contribution in [3.05, 3.63) is 44.7 Å². The number of aromatic nitrogens is 2. The number of rotatable bonds is 11. The number of aliphatic hydroxyl groups is 1. The van der Waals surface area contributed by atoms with E-state index in [0.717, 1.165) is 28.0 Å². The molecule has 0 atom stereocenters. The summed E-state index contributed by atoms with van der Waals surface area (Å²) in [5, 5.41) is 11.0. The molecule has 0 spiro atoms. The number of carbonyl (C=O) groups excluding carboxylic acids is 1. The fourth-order valence-corrected chi connectivity index (χ4v) is 7.17. The number of nitrogens with one attached hydrogen (secondary N) is 1. The van der Waals surface area contributed by atoms with E-state index < -0.39 is 35.6 Å². The maximum absolute atomic E-state index is 13.0. The zero-order valence-corrected chi connectivity index (χ0v) is 27.4. The minimum Gasteiger partial charge on any atom is -0.411 e. The van der Waals surface area contributed by atoms with Crippen molar-refractivity contribution in [2.45, 2.75) is 117 Å². The van der Waals surface area contributed by atoms with Crippen LogP contribution in [0.4, 0.5) is 0 Å². The standard InChI is InChI=1S/C27H45N3O5S2Si/c1-17(2)20-13-28-14-21(18(3)4)19(20)12-23(31)30-37(33,34)16-24-29-22(25(36-24)27(8,9)32)15-35-38(10,11)26(5,6)7/h13-14,17-18,32H,12,15-16H2,1-11H3,(H,30,31). The van der Waals surface area contributed by atoms with Crippen molar-refractivity contribution in [3.8, 4) is 0 Å². The van der Waals surface area contributed by atoms with Gasteiger partial charge in [-0.05, 0) is 60.5 Å². The van der Waals surface area contributed by atoms with Crippen LogP contribution in [0, 0.1) is 0 Å². The highest BCUT2D eigenvalue weighted by molar-refractivity contribution is 7.89. The molecule has 0 saturated heterocycles. The van der Waals surface area contributed by atoms with Crippen molar-refractivity contribution < 1.29 is 22.7 Å². The highest BCUT2D eigenvalue weighted by Gasteiger charge is 2.38. The Balaban J connectivity index is 2.26. The van der Waals surface area contributed by atoms with Gasteiger partial charge in [-0.3, -0.25) is 14.5 Å². The van der Waals surface area contributed by atoms with Gasteiger partial charge in [0, 0.05) is 12.4 Å². The third kappa shape index (κ3) is 8.42. The number of amides is 1. The molecule has 0 aromatic carbocycles. The van der Waals surface area contributed by atoms with E-state index in [1.54, 1.807) is 26.2 Å². The monoisotopic (exact) mass is 583 g/mol. The van der Waals surface area contributed by atoms with E-state index in [4.69, 9.17) is 4.43 Å². The summed E-state index contributed by atoms with van der Waals surface area (Å²) >= 11 is 1.13. The Morgan fingerprint density at radius 1 is 1.08 bits per heavy atom. The minimum absolute atomic E-state index is 0.00590. The van der Waals surface area contributed by atoms with Crippen LogP contribution in [-0.2, 0) is 43.6 Å². The van der Waals surface area contributed by atoms with Gasteiger partial charge in [0.2, 0.25) is 15.9 Å². The van der Waals surface area contributed by atoms with Crippen LogP contribution >= 0.6 is 11.3 Å². The molecule has 2 aromatic heterocycles. The van der Waals surface area contributed by atoms with E-state index in [2.05, 4.69) is 48.6 Å². The number of hydrogen-bond acceptors (Lipinski definition) is 8. The number of sulfonamides is 1. The highest BCUT2D eigenvalue weighted by Crippen LogP contribution is 2.38. The van der Waals surface area contributed by atoms with Gasteiger partial charge < -0.3 is 9.53 Å². The fraction of sp³-hybridized carbons (Fsp3) is 0.667. The topological polar surface area (TPSA) is 118 Å². The Bertz CT molecular complexity index is 1210. The first-order chi connectivity index (χ1) is 17.1. The van der Waals surface area contributed by atoms with E-state index in [-0.39, 0.29) is 29.9 Å². The summed E-state index contributed by atoms with van der Waals surface area (Å²) in [6.07, 6.45) is 3.44. The highest BCUT2D eigenvalue weighted by atomic mass is 32.2. The predicted octanol–water partition coefficient (Wildman–Crippen LogP) is 5.72. The molecule has 0 bridgehead atoms. The minimum atomic E-state index is -4.02. The molecule has 0 aliphatic carbocycles. The van der Waals surface area contributed by atoms with Crippen LogP contribution < -0.4 is 4.72 Å². The second-order valence-electron chi connectivity index (χ2n) is 12.6. The average molecular weight is 584 g/mol. The first-order valence-electron chi connectivity index (χ1n) is 13.0. The summed E-state index contributed by atoms with van der Waals surface area (Å²) < 4.78 is 34.5. The number of carbonyl (C=O) groups is 1. The summed E-state index contributed by atoms with van der Waals surface area (Å²) in [4.78, 5) is 22.3. The van der Waals surface area contributed by atoms with E-state index in [1.165, 1.54) is 0 Å². The van der Waals surface area contributed by atoms with Crippen LogP contribution in [0.1, 0.15) is 106 Å². The van der Waals surface area contributed by atoms with Crippen molar-refractivity contribution in [1.82, 2.24) is 14.7 Å². The maximum Gasteiger partial charge on any atom is 0.241 e. The zero-order valence-electron chi connectivity index (χ0n) is 24.7. The molecule has 0 radical (unpaired) electrons. The SMILES string of the molecule is CC(C)c1cncc(C(C)C)c1CC(=O)NS(=O)(=O)Cc1nc(CO[Si](C)(C)C(C)(C)C)c(C(C)(C)O)s1. The smallest absolute Gasteiger partial charge is 0.241 e. The van der Waals surface area contributed by atoms with Gasteiger partial charge in [0.15, 0.2) is 8.32 Å². The van der Waals surface area contributed by atoms with Crippen molar-refractivity contribution in [2.24, 2.45) is 0 Å². The predicted molar refractivity (Wildman–Crippen MR) is 156 cm³/mol. The molecular weight excluding hydrogens is 539 g/mol. The lowest BCUT2D eigenvalue weighted by Crippen LogP contribution is -2.40. The molecule has 2 aromatic rings. The molecule has 2 N–H and O–H groups in total. The van der Waals surface area contributed by atoms with Crippen LogP contribution in [-0.4, -0.2) is 37.7 Å². The molecule has 0 aliphatic rings. The summed E-state index contributed by atoms with van der Waals surface area (Å²) in [5.74, 6) is -0.774. The van der Waals surface area contributed by atoms with Crippen LogP contribution in [0.15, 0.2) is 12.4 Å². The van der Waals surface area contributed by atoms with Crippen LogP contribution in [0.5, 0.6) is 0 Å². The lowest BCUT2D eigenvalue weighted by molar-refractivity contribution is -0.118. The normalized spacial score (nSPS) is 13.4. The molecule has 214 valence electrons. The Morgan fingerprint density at radius 3 is 2.05 bits per heavy atom. The quantitative estimate of drug-likeness (QED) is 0.325. The molecule has 0 fully saturated rings. The van der Waals surface area contributed by atoms with Crippen molar-refractivity contribution in [2.75, 3.05) is 0 Å². The van der Waals surface area contributed by atoms with Gasteiger partial charge in [-0.25, -0.2) is 13.4 Å². The van der Waals surface area contributed by atoms with E-state index >= 15 is 0 Å².